The highest BCUT2D eigenvalue weighted by Crippen LogP contribution is 2.24. The van der Waals surface area contributed by atoms with Crippen molar-refractivity contribution in [2.75, 3.05) is 11.6 Å². The van der Waals surface area contributed by atoms with Crippen LogP contribution in [0.1, 0.15) is 18.7 Å². The maximum absolute atomic E-state index is 13.1. The molecule has 9 heteroatoms. The molecular weight excluding hydrogens is 393 g/mol. The molecule has 2 aromatic carbocycles. The first-order chi connectivity index (χ1) is 14.0. The summed E-state index contributed by atoms with van der Waals surface area (Å²) >= 11 is 1.16. The fourth-order valence-corrected chi connectivity index (χ4v) is 3.54. The smallest absolute Gasteiger partial charge is 0.231 e. The maximum atomic E-state index is 13.1. The fraction of sp³-hybridized carbons (Fsp3) is 0.150. The van der Waals surface area contributed by atoms with Crippen molar-refractivity contribution in [1.29, 1.82) is 0 Å². The Morgan fingerprint density at radius 3 is 2.76 bits per heavy atom. The standard InChI is InChI=1S/C20H18FN5O2S/c1-12(17-10-14-4-2-3-5-16(14)28-17)23-18(27)11-29-20-25-24-19(26(20)22)13-6-8-15(21)9-7-13/h2-10,12H,11,22H2,1H3,(H,23,27)/t12-/m1/s1. The van der Waals surface area contributed by atoms with E-state index in [9.17, 15) is 9.18 Å². The Morgan fingerprint density at radius 2 is 2.00 bits per heavy atom. The van der Waals surface area contributed by atoms with E-state index >= 15 is 0 Å². The van der Waals surface area contributed by atoms with E-state index in [-0.39, 0.29) is 23.5 Å². The number of nitrogens with two attached hydrogens (primary N) is 1. The first-order valence-electron chi connectivity index (χ1n) is 8.88. The van der Waals surface area contributed by atoms with Gasteiger partial charge in [-0.3, -0.25) is 4.79 Å². The van der Waals surface area contributed by atoms with Gasteiger partial charge in [0.05, 0.1) is 11.8 Å². The Morgan fingerprint density at radius 1 is 1.24 bits per heavy atom. The average Bonchev–Trinajstić information content (AvgIpc) is 3.31. The number of nitrogen functional groups attached to an aromatic ring is 1. The summed E-state index contributed by atoms with van der Waals surface area (Å²) in [6.07, 6.45) is 0. The molecule has 0 saturated heterocycles. The molecule has 4 aromatic rings. The van der Waals surface area contributed by atoms with Crippen molar-refractivity contribution in [3.8, 4) is 11.4 Å². The molecule has 0 radical (unpaired) electrons. The number of hydrogen-bond acceptors (Lipinski definition) is 6. The molecule has 2 heterocycles. The summed E-state index contributed by atoms with van der Waals surface area (Å²) in [5, 5.41) is 12.3. The number of aromatic nitrogens is 3. The highest BCUT2D eigenvalue weighted by atomic mass is 32.2. The lowest BCUT2D eigenvalue weighted by Crippen LogP contribution is -2.28. The number of fused-ring (bicyclic) bond motifs is 1. The van der Waals surface area contributed by atoms with Crippen LogP contribution in [0.3, 0.4) is 0 Å². The molecule has 0 aliphatic rings. The van der Waals surface area contributed by atoms with E-state index in [1.165, 1.54) is 16.8 Å². The number of hydrogen-bond donors (Lipinski definition) is 2. The van der Waals surface area contributed by atoms with E-state index in [0.717, 1.165) is 22.7 Å². The van der Waals surface area contributed by atoms with Crippen LogP contribution in [0.5, 0.6) is 0 Å². The van der Waals surface area contributed by atoms with Crippen LogP contribution in [0.2, 0.25) is 0 Å². The number of halogens is 1. The number of carbonyl (C=O) groups excluding carboxylic acids is 1. The first-order valence-corrected chi connectivity index (χ1v) is 9.87. The van der Waals surface area contributed by atoms with Gasteiger partial charge >= 0.3 is 0 Å². The third-order valence-electron chi connectivity index (χ3n) is 4.35. The molecule has 1 atom stereocenters. The number of para-hydroxylation sites is 1. The van der Waals surface area contributed by atoms with Crippen LogP contribution in [-0.2, 0) is 4.79 Å². The van der Waals surface area contributed by atoms with Crippen LogP contribution < -0.4 is 11.2 Å². The number of amides is 1. The third kappa shape index (κ3) is 4.09. The molecule has 0 bridgehead atoms. The number of furan rings is 1. The molecule has 0 saturated carbocycles. The molecule has 148 valence electrons. The summed E-state index contributed by atoms with van der Waals surface area (Å²) in [4.78, 5) is 12.3. The van der Waals surface area contributed by atoms with Gasteiger partial charge in [0.15, 0.2) is 5.82 Å². The maximum Gasteiger partial charge on any atom is 0.231 e. The second-order valence-corrected chi connectivity index (χ2v) is 7.39. The lowest BCUT2D eigenvalue weighted by Gasteiger charge is -2.11. The van der Waals surface area contributed by atoms with E-state index in [4.69, 9.17) is 10.3 Å². The number of nitrogens with zero attached hydrogens (tertiary/aromatic N) is 3. The Bertz CT molecular complexity index is 1120. The summed E-state index contributed by atoms with van der Waals surface area (Å²) < 4.78 is 20.1. The lowest BCUT2D eigenvalue weighted by molar-refractivity contribution is -0.119. The summed E-state index contributed by atoms with van der Waals surface area (Å²) in [6, 6.07) is 15.1. The molecule has 4 rings (SSSR count). The van der Waals surface area contributed by atoms with Crippen LogP contribution in [0.15, 0.2) is 64.2 Å². The molecule has 0 unspecified atom stereocenters. The molecule has 0 fully saturated rings. The molecule has 3 N–H and O–H groups in total. The number of rotatable bonds is 6. The summed E-state index contributed by atoms with van der Waals surface area (Å²) in [5.74, 6) is 6.69. The van der Waals surface area contributed by atoms with Crippen molar-refractivity contribution in [3.63, 3.8) is 0 Å². The van der Waals surface area contributed by atoms with Crippen LogP contribution in [-0.4, -0.2) is 26.5 Å². The van der Waals surface area contributed by atoms with Crippen LogP contribution >= 0.6 is 11.8 Å². The van der Waals surface area contributed by atoms with Crippen molar-refractivity contribution in [2.24, 2.45) is 0 Å². The van der Waals surface area contributed by atoms with Crippen LogP contribution in [0.4, 0.5) is 4.39 Å². The minimum absolute atomic E-state index is 0.114. The highest BCUT2D eigenvalue weighted by Gasteiger charge is 2.17. The Kier molecular flexibility index (Phi) is 5.22. The third-order valence-corrected chi connectivity index (χ3v) is 5.29. The van der Waals surface area contributed by atoms with Crippen molar-refractivity contribution < 1.29 is 13.6 Å². The van der Waals surface area contributed by atoms with Gasteiger partial charge in [0.1, 0.15) is 17.2 Å². The summed E-state index contributed by atoms with van der Waals surface area (Å²) in [6.45, 7) is 1.86. The molecule has 7 nitrogen and oxygen atoms in total. The van der Waals surface area contributed by atoms with E-state index in [1.54, 1.807) is 12.1 Å². The van der Waals surface area contributed by atoms with Gasteiger partial charge in [-0.1, -0.05) is 30.0 Å². The minimum Gasteiger partial charge on any atom is -0.459 e. The Balaban J connectivity index is 1.37. The Labute approximate surface area is 170 Å². The predicted octanol–water partition coefficient (Wildman–Crippen LogP) is 3.51. The lowest BCUT2D eigenvalue weighted by atomic mass is 10.2. The van der Waals surface area contributed by atoms with Gasteiger partial charge in [-0.25, -0.2) is 9.07 Å². The van der Waals surface area contributed by atoms with E-state index < -0.39 is 0 Å². The van der Waals surface area contributed by atoms with Gasteiger partial charge in [-0.2, -0.15) is 0 Å². The van der Waals surface area contributed by atoms with Gasteiger partial charge in [0.25, 0.3) is 0 Å². The molecule has 1 amide bonds. The SMILES string of the molecule is C[C@@H](NC(=O)CSc1nnc(-c2ccc(F)cc2)n1N)c1cc2ccccc2o1. The normalized spacial score (nSPS) is 12.2. The average molecular weight is 411 g/mol. The highest BCUT2D eigenvalue weighted by molar-refractivity contribution is 7.99. The van der Waals surface area contributed by atoms with Crippen molar-refractivity contribution in [1.82, 2.24) is 20.2 Å². The van der Waals surface area contributed by atoms with Crippen LogP contribution in [0.25, 0.3) is 22.4 Å². The predicted molar refractivity (Wildman–Crippen MR) is 109 cm³/mol. The Hall–Kier alpha value is -3.33. The summed E-state index contributed by atoms with van der Waals surface area (Å²) in [5.41, 5.74) is 1.42. The monoisotopic (exact) mass is 411 g/mol. The van der Waals surface area contributed by atoms with E-state index in [2.05, 4.69) is 15.5 Å². The topological polar surface area (TPSA) is 99.0 Å². The van der Waals surface area contributed by atoms with E-state index in [0.29, 0.717) is 22.3 Å². The number of carbonyl (C=O) groups is 1. The van der Waals surface area contributed by atoms with Gasteiger partial charge in [0, 0.05) is 10.9 Å². The fourth-order valence-electron chi connectivity index (χ4n) is 2.87. The molecular formula is C20H18FN5O2S. The zero-order chi connectivity index (χ0) is 20.4. The van der Waals surface area contributed by atoms with Gasteiger partial charge in [0.2, 0.25) is 11.1 Å². The van der Waals surface area contributed by atoms with Crippen molar-refractivity contribution in [2.45, 2.75) is 18.1 Å². The quantitative estimate of drug-likeness (QED) is 0.372. The largest absolute Gasteiger partial charge is 0.459 e. The first kappa shape index (κ1) is 19.0. The minimum atomic E-state index is -0.346. The van der Waals surface area contributed by atoms with Crippen molar-refractivity contribution in [3.05, 3.63) is 66.2 Å². The van der Waals surface area contributed by atoms with E-state index in [1.807, 2.05) is 37.3 Å². The zero-order valence-electron chi connectivity index (χ0n) is 15.5. The molecule has 2 aromatic heterocycles. The molecule has 0 spiro atoms. The van der Waals surface area contributed by atoms with Crippen LogP contribution in [0, 0.1) is 5.82 Å². The van der Waals surface area contributed by atoms with Gasteiger partial charge in [-0.05, 0) is 43.3 Å². The molecule has 0 aliphatic heterocycles. The second-order valence-electron chi connectivity index (χ2n) is 6.45. The number of thioether (sulfide) groups is 1. The van der Waals surface area contributed by atoms with Gasteiger partial charge in [-0.15, -0.1) is 10.2 Å². The second kappa shape index (κ2) is 7.96. The number of nitrogens with one attached hydrogen (secondary N) is 1. The van der Waals surface area contributed by atoms with Crippen molar-refractivity contribution >= 4 is 28.6 Å². The summed E-state index contributed by atoms with van der Waals surface area (Å²) in [7, 11) is 0. The zero-order valence-corrected chi connectivity index (χ0v) is 16.3. The molecule has 0 aliphatic carbocycles. The number of benzene rings is 2. The molecule has 29 heavy (non-hydrogen) atoms. The van der Waals surface area contributed by atoms with Gasteiger partial charge < -0.3 is 15.6 Å².